The van der Waals surface area contributed by atoms with Gasteiger partial charge in [-0.05, 0) is 149 Å². The largest absolute Gasteiger partial charge is 0.333 e. The monoisotopic (exact) mass is 1050 g/mol. The Bertz CT molecular complexity index is 4620. The minimum Gasteiger partial charge on any atom is -0.333 e. The van der Waals surface area contributed by atoms with Gasteiger partial charge in [-0.3, -0.25) is 0 Å². The summed E-state index contributed by atoms with van der Waals surface area (Å²) in [4.78, 5) is 5.38. The topological polar surface area (TPSA) is 6.48 Å². The van der Waals surface area contributed by atoms with Crippen molar-refractivity contribution in [3.63, 3.8) is 0 Å². The van der Waals surface area contributed by atoms with Crippen molar-refractivity contribution in [3.05, 3.63) is 287 Å². The summed E-state index contributed by atoms with van der Waals surface area (Å²) in [5, 5.41) is 4.83. The minimum atomic E-state index is -0.197. The normalized spacial score (nSPS) is 17.4. The predicted molar refractivity (Wildman–Crippen MR) is 347 cm³/mol. The Morgan fingerprint density at radius 3 is 1.40 bits per heavy atom. The summed E-state index contributed by atoms with van der Waals surface area (Å²) in [5.74, 6) is 0. The molecule has 5 aliphatic carbocycles. The number of fused-ring (bicyclic) bond motifs is 14. The second kappa shape index (κ2) is 17.3. The quantitative estimate of drug-likeness (QED) is 0.116. The van der Waals surface area contributed by atoms with E-state index in [9.17, 15) is 0 Å². The van der Waals surface area contributed by atoms with Crippen molar-refractivity contribution in [1.29, 1.82) is 0 Å². The fourth-order valence-corrected chi connectivity index (χ4v) is 15.9. The smallest absolute Gasteiger partial charge is 0.0619 e. The molecule has 2 heteroatoms. The van der Waals surface area contributed by atoms with Gasteiger partial charge in [-0.25, -0.2) is 0 Å². The molecule has 0 N–H and O–H groups in total. The molecule has 5 aliphatic rings. The van der Waals surface area contributed by atoms with Crippen LogP contribution in [-0.2, 0) is 21.7 Å². The minimum absolute atomic E-state index is 0.00748. The first-order valence-corrected chi connectivity index (χ1v) is 29.6. The van der Waals surface area contributed by atoms with Crippen LogP contribution in [0.1, 0.15) is 106 Å². The molecule has 0 heterocycles. The molecule has 0 radical (unpaired) electrons. The van der Waals surface area contributed by atoms with E-state index in [1.165, 1.54) is 139 Å². The fraction of sp³-hybridized carbons (Fsp3) is 0.175. The number of hydrogen-bond acceptors (Lipinski definition) is 2. The van der Waals surface area contributed by atoms with Crippen LogP contribution in [0.25, 0.3) is 71.6 Å². The van der Waals surface area contributed by atoms with Crippen molar-refractivity contribution in [3.8, 4) is 44.5 Å². The zero-order valence-corrected chi connectivity index (χ0v) is 48.2. The summed E-state index contributed by atoms with van der Waals surface area (Å²) < 4.78 is 0. The molecule has 0 fully saturated rings. The first kappa shape index (κ1) is 48.9. The van der Waals surface area contributed by atoms with E-state index in [0.29, 0.717) is 0 Å². The lowest BCUT2D eigenvalue weighted by molar-refractivity contribution is 0.644. The predicted octanol–water partition coefficient (Wildman–Crippen LogP) is 21.3. The van der Waals surface area contributed by atoms with Gasteiger partial charge in [0.25, 0.3) is 0 Å². The third-order valence-corrected chi connectivity index (χ3v) is 20.1. The summed E-state index contributed by atoms with van der Waals surface area (Å²) in [5.41, 5.74) is 29.3. The lowest BCUT2D eigenvalue weighted by Gasteiger charge is -2.39. The number of anilines is 5. The fourth-order valence-electron chi connectivity index (χ4n) is 15.9. The van der Waals surface area contributed by atoms with Crippen LogP contribution in [0.2, 0.25) is 0 Å². The molecule has 11 aromatic carbocycles. The standard InChI is InChI=1S/C80H66N2/c1-77(2)70-33-21-17-27-58(70)65-45-51(38-43-71(65)77)81(52-35-40-59-55-24-14-18-30-67(55)78(3,4)72(59)46-52)75-62-28-12-13-29-63(62)76(66-44-50(34-39-64(66)75)49-22-10-9-11-23-49)82(53-36-41-60-56-25-15-19-31-68(56)79(5,6)73(60)47-53)54-37-42-61-57-26-16-20-32-69(57)80(7,8)74(61)48-54/h9-36,38-48,54H,37H2,1-8H3. The zero-order valence-electron chi connectivity index (χ0n) is 48.2. The van der Waals surface area contributed by atoms with Gasteiger partial charge < -0.3 is 9.80 Å². The van der Waals surface area contributed by atoms with Gasteiger partial charge in [0, 0.05) is 60.3 Å². The van der Waals surface area contributed by atoms with Crippen LogP contribution in [-0.4, -0.2) is 6.04 Å². The molecule has 0 aromatic heterocycles. The van der Waals surface area contributed by atoms with Gasteiger partial charge in [-0.2, -0.15) is 0 Å². The SMILES string of the molecule is CC1(C)C2=CC(N(c3ccc4c(c3)C(C)(C)c3ccccc3-4)c3c4ccccc4c(N(c4ccc5c(c4)-c4ccccc4C5(C)C)c4ccc5c(c4)C(C)(C)c4ccccc4-5)c4ccc(-c5ccccc5)cc34)CC=C2c2ccccc21. The summed E-state index contributed by atoms with van der Waals surface area (Å²) in [7, 11) is 0. The average Bonchev–Trinajstić information content (AvgIpc) is 4.22. The summed E-state index contributed by atoms with van der Waals surface area (Å²) in [6.07, 6.45) is 6.06. The molecule has 396 valence electrons. The molecule has 1 atom stereocenters. The maximum Gasteiger partial charge on any atom is 0.0619 e. The Morgan fingerprint density at radius 1 is 0.317 bits per heavy atom. The highest BCUT2D eigenvalue weighted by Crippen LogP contribution is 2.59. The van der Waals surface area contributed by atoms with Gasteiger partial charge in [-0.15, -0.1) is 0 Å². The van der Waals surface area contributed by atoms with E-state index in [4.69, 9.17) is 0 Å². The third-order valence-electron chi connectivity index (χ3n) is 20.1. The van der Waals surface area contributed by atoms with E-state index in [2.05, 4.69) is 302 Å². The second-order valence-electron chi connectivity index (χ2n) is 25.9. The van der Waals surface area contributed by atoms with Crippen LogP contribution >= 0.6 is 0 Å². The number of hydrogen-bond donors (Lipinski definition) is 0. The molecule has 0 bridgehead atoms. The van der Waals surface area contributed by atoms with E-state index >= 15 is 0 Å². The molecule has 16 rings (SSSR count). The lowest BCUT2D eigenvalue weighted by Crippen LogP contribution is -2.33. The molecule has 0 saturated heterocycles. The molecule has 0 amide bonds. The van der Waals surface area contributed by atoms with Gasteiger partial charge in [-0.1, -0.05) is 250 Å². The summed E-state index contributed by atoms with van der Waals surface area (Å²) in [6.45, 7) is 19.3. The maximum absolute atomic E-state index is 2.76. The van der Waals surface area contributed by atoms with Gasteiger partial charge in [0.1, 0.15) is 0 Å². The molecule has 0 aliphatic heterocycles. The number of allylic oxidation sites excluding steroid dienone is 2. The third kappa shape index (κ3) is 6.76. The first-order valence-electron chi connectivity index (χ1n) is 29.6. The van der Waals surface area contributed by atoms with Gasteiger partial charge >= 0.3 is 0 Å². The van der Waals surface area contributed by atoms with Crippen LogP contribution in [0.15, 0.2) is 242 Å². The van der Waals surface area contributed by atoms with E-state index in [-0.39, 0.29) is 27.7 Å². The molecule has 11 aromatic rings. The number of rotatable bonds is 7. The molecule has 2 nitrogen and oxygen atoms in total. The summed E-state index contributed by atoms with van der Waals surface area (Å²) >= 11 is 0. The second-order valence-corrected chi connectivity index (χ2v) is 25.9. The van der Waals surface area contributed by atoms with E-state index in [1.807, 2.05) is 0 Å². The molecule has 0 saturated carbocycles. The van der Waals surface area contributed by atoms with Crippen molar-refractivity contribution in [2.75, 3.05) is 9.80 Å². The summed E-state index contributed by atoms with van der Waals surface area (Å²) in [6, 6.07) is 86.0. The average molecular weight is 1060 g/mol. The van der Waals surface area contributed by atoms with Crippen LogP contribution in [0.5, 0.6) is 0 Å². The zero-order chi connectivity index (χ0) is 55.6. The van der Waals surface area contributed by atoms with Crippen LogP contribution < -0.4 is 9.80 Å². The van der Waals surface area contributed by atoms with Crippen LogP contribution in [0.3, 0.4) is 0 Å². The Kier molecular flexibility index (Phi) is 10.3. The molecule has 0 spiro atoms. The first-order chi connectivity index (χ1) is 39.7. The maximum atomic E-state index is 2.76. The lowest BCUT2D eigenvalue weighted by atomic mass is 9.79. The van der Waals surface area contributed by atoms with Gasteiger partial charge in [0.2, 0.25) is 0 Å². The molecule has 82 heavy (non-hydrogen) atoms. The van der Waals surface area contributed by atoms with Crippen molar-refractivity contribution in [2.24, 2.45) is 0 Å². The molecular weight excluding hydrogens is 989 g/mol. The Morgan fingerprint density at radius 2 is 0.768 bits per heavy atom. The van der Waals surface area contributed by atoms with Crippen LogP contribution in [0, 0.1) is 0 Å². The highest BCUT2D eigenvalue weighted by Gasteiger charge is 2.43. The van der Waals surface area contributed by atoms with E-state index in [1.54, 1.807) is 0 Å². The van der Waals surface area contributed by atoms with Gasteiger partial charge in [0.15, 0.2) is 0 Å². The van der Waals surface area contributed by atoms with Gasteiger partial charge in [0.05, 0.1) is 17.4 Å². The van der Waals surface area contributed by atoms with E-state index in [0.717, 1.165) is 17.8 Å². The van der Waals surface area contributed by atoms with E-state index < -0.39 is 0 Å². The van der Waals surface area contributed by atoms with Crippen molar-refractivity contribution < 1.29 is 0 Å². The van der Waals surface area contributed by atoms with Crippen molar-refractivity contribution in [2.45, 2.75) is 89.5 Å². The number of benzene rings is 11. The highest BCUT2D eigenvalue weighted by molar-refractivity contribution is 6.23. The van der Waals surface area contributed by atoms with Crippen LogP contribution in [0.4, 0.5) is 28.4 Å². The number of nitrogens with zero attached hydrogens (tertiary/aromatic N) is 2. The molecule has 1 unspecified atom stereocenters. The van der Waals surface area contributed by atoms with Crippen molar-refractivity contribution >= 4 is 55.6 Å². The Balaban J connectivity index is 1.01. The van der Waals surface area contributed by atoms with Crippen molar-refractivity contribution in [1.82, 2.24) is 0 Å². The molecular formula is C80H66N2. The Labute approximate surface area is 483 Å². The highest BCUT2D eigenvalue weighted by atomic mass is 15.2. The Hall–Kier alpha value is -8.98.